The van der Waals surface area contributed by atoms with Crippen molar-refractivity contribution in [2.75, 3.05) is 23.7 Å². The number of alkyl halides is 3. The zero-order chi connectivity index (χ0) is 22.5. The van der Waals surface area contributed by atoms with Crippen LogP contribution in [0.4, 0.5) is 24.8 Å². The minimum Gasteiger partial charge on any atom is -0.367 e. The smallest absolute Gasteiger partial charge is 0.367 e. The van der Waals surface area contributed by atoms with Gasteiger partial charge in [-0.2, -0.15) is 13.2 Å². The van der Waals surface area contributed by atoms with Crippen molar-refractivity contribution >= 4 is 35.1 Å². The fraction of sp³-hybridized carbons (Fsp3) is 0.368. The Morgan fingerprint density at radius 2 is 1.87 bits per heavy atom. The Bertz CT molecular complexity index is 935. The molecule has 0 bridgehead atoms. The van der Waals surface area contributed by atoms with Crippen LogP contribution >= 0.6 is 11.6 Å². The van der Waals surface area contributed by atoms with Gasteiger partial charge in [-0.05, 0) is 25.1 Å². The molecule has 11 heteroatoms. The van der Waals surface area contributed by atoms with E-state index in [9.17, 15) is 22.8 Å². The molecular formula is C19H21ClF3N5O2. The third kappa shape index (κ3) is 6.58. The lowest BCUT2D eigenvalue weighted by Crippen LogP contribution is -2.29. The molecule has 0 saturated carbocycles. The van der Waals surface area contributed by atoms with E-state index in [1.54, 1.807) is 26.8 Å². The van der Waals surface area contributed by atoms with Crippen LogP contribution in [0.2, 0.25) is 5.02 Å². The Labute approximate surface area is 176 Å². The van der Waals surface area contributed by atoms with Crippen molar-refractivity contribution in [2.24, 2.45) is 5.92 Å². The number of carbonyl (C=O) groups is 2. The number of carbonyl (C=O) groups excluding carboxylic acids is 2. The second kappa shape index (κ2) is 9.75. The van der Waals surface area contributed by atoms with Gasteiger partial charge in [0.1, 0.15) is 11.6 Å². The summed E-state index contributed by atoms with van der Waals surface area (Å²) >= 11 is 5.82. The predicted molar refractivity (Wildman–Crippen MR) is 108 cm³/mol. The van der Waals surface area contributed by atoms with Crippen molar-refractivity contribution in [1.29, 1.82) is 0 Å². The Morgan fingerprint density at radius 1 is 1.17 bits per heavy atom. The van der Waals surface area contributed by atoms with E-state index in [1.165, 1.54) is 6.07 Å². The summed E-state index contributed by atoms with van der Waals surface area (Å²) in [7, 11) is 0. The number of anilines is 2. The summed E-state index contributed by atoms with van der Waals surface area (Å²) in [5.74, 6) is -0.491. The summed E-state index contributed by atoms with van der Waals surface area (Å²) in [6, 6.07) is 3.81. The number of hydrogen-bond acceptors (Lipinski definition) is 5. The topological polar surface area (TPSA) is 96.0 Å². The first kappa shape index (κ1) is 23.4. The Morgan fingerprint density at radius 3 is 2.47 bits per heavy atom. The van der Waals surface area contributed by atoms with Gasteiger partial charge in [0.25, 0.3) is 5.91 Å². The molecule has 0 radical (unpaired) electrons. The highest BCUT2D eigenvalue weighted by Crippen LogP contribution is 2.32. The van der Waals surface area contributed by atoms with Crippen LogP contribution in [-0.4, -0.2) is 34.9 Å². The number of nitrogens with zero attached hydrogens (tertiary/aromatic N) is 2. The minimum absolute atomic E-state index is 0.0809. The molecule has 0 aromatic carbocycles. The number of hydrogen-bond donors (Lipinski definition) is 3. The van der Waals surface area contributed by atoms with Crippen LogP contribution in [0.25, 0.3) is 0 Å². The van der Waals surface area contributed by atoms with E-state index in [0.717, 1.165) is 6.07 Å². The van der Waals surface area contributed by atoms with Gasteiger partial charge in [0, 0.05) is 36.5 Å². The SMILES string of the molecule is Cc1cc(C(=O)NCCNc2ncc(C(F)(F)F)cc2Cl)cc(NC(=O)C(C)C)n1. The summed E-state index contributed by atoms with van der Waals surface area (Å²) in [5, 5.41) is 7.89. The third-order valence-corrected chi connectivity index (χ3v) is 4.15. The van der Waals surface area contributed by atoms with Gasteiger partial charge in [-0.25, -0.2) is 9.97 Å². The standard InChI is InChI=1S/C19H21ClF3N5O2/c1-10(2)17(29)28-15-7-12(6-11(3)27-15)18(30)25-5-4-24-16-14(20)8-13(9-26-16)19(21,22)23/h6-10H,4-5H2,1-3H3,(H,24,26)(H,25,30)(H,27,28,29). The summed E-state index contributed by atoms with van der Waals surface area (Å²) in [5.41, 5.74) is -0.0763. The van der Waals surface area contributed by atoms with E-state index in [0.29, 0.717) is 17.5 Å². The van der Waals surface area contributed by atoms with Gasteiger partial charge in [0.05, 0.1) is 10.6 Å². The average Bonchev–Trinajstić information content (AvgIpc) is 2.64. The zero-order valence-electron chi connectivity index (χ0n) is 16.5. The van der Waals surface area contributed by atoms with Crippen LogP contribution in [0.5, 0.6) is 0 Å². The molecule has 162 valence electrons. The lowest BCUT2D eigenvalue weighted by atomic mass is 10.2. The summed E-state index contributed by atoms with van der Waals surface area (Å²) in [6.45, 7) is 5.52. The van der Waals surface area contributed by atoms with Crippen LogP contribution in [0, 0.1) is 12.8 Å². The summed E-state index contributed by atoms with van der Waals surface area (Å²) < 4.78 is 37.9. The van der Waals surface area contributed by atoms with Gasteiger partial charge in [0.15, 0.2) is 0 Å². The fourth-order valence-electron chi connectivity index (χ4n) is 2.32. The molecule has 0 atom stereocenters. The Hall–Kier alpha value is -2.88. The first-order valence-electron chi connectivity index (χ1n) is 9.01. The van der Waals surface area contributed by atoms with E-state index in [2.05, 4.69) is 25.9 Å². The molecule has 0 aliphatic carbocycles. The van der Waals surface area contributed by atoms with Gasteiger partial charge in [-0.3, -0.25) is 9.59 Å². The second-order valence-electron chi connectivity index (χ2n) is 6.76. The van der Waals surface area contributed by atoms with E-state index >= 15 is 0 Å². The fourth-order valence-corrected chi connectivity index (χ4v) is 2.55. The molecule has 2 heterocycles. The predicted octanol–water partition coefficient (Wildman–Crippen LogP) is 3.89. The first-order valence-corrected chi connectivity index (χ1v) is 9.39. The maximum Gasteiger partial charge on any atom is 0.417 e. The number of aryl methyl sites for hydroxylation is 1. The molecule has 2 aromatic heterocycles. The molecule has 2 aromatic rings. The van der Waals surface area contributed by atoms with E-state index in [-0.39, 0.29) is 41.6 Å². The molecule has 30 heavy (non-hydrogen) atoms. The normalized spacial score (nSPS) is 11.3. The monoisotopic (exact) mass is 443 g/mol. The summed E-state index contributed by atoms with van der Waals surface area (Å²) in [6.07, 6.45) is -3.85. The number of rotatable bonds is 7. The largest absolute Gasteiger partial charge is 0.417 e. The van der Waals surface area contributed by atoms with Gasteiger partial charge in [0.2, 0.25) is 5.91 Å². The maximum absolute atomic E-state index is 12.6. The number of nitrogens with one attached hydrogen (secondary N) is 3. The third-order valence-electron chi connectivity index (χ3n) is 3.86. The number of halogens is 4. The average molecular weight is 444 g/mol. The van der Waals surface area contributed by atoms with Crippen LogP contribution in [-0.2, 0) is 11.0 Å². The van der Waals surface area contributed by atoms with Crippen LogP contribution in [0.1, 0.15) is 35.5 Å². The minimum atomic E-state index is -4.53. The molecule has 0 spiro atoms. The van der Waals surface area contributed by atoms with Crippen molar-refractivity contribution in [1.82, 2.24) is 15.3 Å². The molecule has 0 saturated heterocycles. The molecule has 0 aliphatic rings. The van der Waals surface area contributed by atoms with E-state index in [4.69, 9.17) is 11.6 Å². The van der Waals surface area contributed by atoms with Crippen molar-refractivity contribution in [3.63, 3.8) is 0 Å². The number of amides is 2. The van der Waals surface area contributed by atoms with Crippen molar-refractivity contribution < 1.29 is 22.8 Å². The zero-order valence-corrected chi connectivity index (χ0v) is 17.3. The Kier molecular flexibility index (Phi) is 7.60. The highest BCUT2D eigenvalue weighted by Gasteiger charge is 2.31. The van der Waals surface area contributed by atoms with E-state index in [1.807, 2.05) is 0 Å². The van der Waals surface area contributed by atoms with Crippen LogP contribution < -0.4 is 16.0 Å². The molecular weight excluding hydrogens is 423 g/mol. The molecule has 0 aliphatic heterocycles. The highest BCUT2D eigenvalue weighted by atomic mass is 35.5. The summed E-state index contributed by atoms with van der Waals surface area (Å²) in [4.78, 5) is 32.0. The number of pyridine rings is 2. The van der Waals surface area contributed by atoms with Crippen molar-refractivity contribution in [3.8, 4) is 0 Å². The lowest BCUT2D eigenvalue weighted by molar-refractivity contribution is -0.137. The van der Waals surface area contributed by atoms with Gasteiger partial charge in [-0.1, -0.05) is 25.4 Å². The van der Waals surface area contributed by atoms with Crippen molar-refractivity contribution in [3.05, 3.63) is 46.2 Å². The second-order valence-corrected chi connectivity index (χ2v) is 7.17. The van der Waals surface area contributed by atoms with Crippen LogP contribution in [0.3, 0.4) is 0 Å². The number of aromatic nitrogens is 2. The van der Waals surface area contributed by atoms with Gasteiger partial charge < -0.3 is 16.0 Å². The van der Waals surface area contributed by atoms with Crippen molar-refractivity contribution in [2.45, 2.75) is 26.9 Å². The molecule has 2 rings (SSSR count). The van der Waals surface area contributed by atoms with Crippen LogP contribution in [0.15, 0.2) is 24.4 Å². The maximum atomic E-state index is 12.6. The van der Waals surface area contributed by atoms with Gasteiger partial charge in [-0.15, -0.1) is 0 Å². The van der Waals surface area contributed by atoms with Gasteiger partial charge >= 0.3 is 6.18 Å². The molecule has 2 amide bonds. The molecule has 7 nitrogen and oxygen atoms in total. The molecule has 0 fully saturated rings. The molecule has 0 unspecified atom stereocenters. The quantitative estimate of drug-likeness (QED) is 0.564. The van der Waals surface area contributed by atoms with E-state index < -0.39 is 17.6 Å². The molecule has 3 N–H and O–H groups in total. The first-order chi connectivity index (χ1) is 14.0. The highest BCUT2D eigenvalue weighted by molar-refractivity contribution is 6.32. The Balaban J connectivity index is 1.92. The lowest BCUT2D eigenvalue weighted by Gasteiger charge is -2.12.